The summed E-state index contributed by atoms with van der Waals surface area (Å²) in [5.74, 6) is -0.163. The minimum absolute atomic E-state index is 0.0461. The fraction of sp³-hybridized carbons (Fsp3) is 0.391. The van der Waals surface area contributed by atoms with Gasteiger partial charge in [0, 0.05) is 30.5 Å². The molecule has 0 aromatic heterocycles. The van der Waals surface area contributed by atoms with Crippen molar-refractivity contribution < 1.29 is 9.59 Å². The number of amides is 2. The highest BCUT2D eigenvalue weighted by Crippen LogP contribution is 2.17. The van der Waals surface area contributed by atoms with E-state index in [4.69, 9.17) is 11.6 Å². The van der Waals surface area contributed by atoms with Crippen LogP contribution in [0.2, 0.25) is 5.02 Å². The molecule has 28 heavy (non-hydrogen) atoms. The summed E-state index contributed by atoms with van der Waals surface area (Å²) >= 11 is 5.99. The van der Waals surface area contributed by atoms with Crippen molar-refractivity contribution in [2.45, 2.75) is 58.7 Å². The van der Waals surface area contributed by atoms with Crippen LogP contribution in [0.4, 0.5) is 0 Å². The van der Waals surface area contributed by atoms with Crippen LogP contribution in [-0.2, 0) is 22.6 Å². The molecule has 0 spiro atoms. The molecule has 2 aromatic rings. The van der Waals surface area contributed by atoms with E-state index in [9.17, 15) is 9.59 Å². The summed E-state index contributed by atoms with van der Waals surface area (Å²) < 4.78 is 0. The van der Waals surface area contributed by atoms with Crippen molar-refractivity contribution in [3.05, 3.63) is 70.7 Å². The highest BCUT2D eigenvalue weighted by atomic mass is 35.5. The molecule has 0 aliphatic heterocycles. The number of nitrogens with zero attached hydrogens (tertiary/aromatic N) is 1. The van der Waals surface area contributed by atoms with Crippen molar-refractivity contribution in [3.63, 3.8) is 0 Å². The SMILES string of the molecule is CCC(=O)N(Cc1ccc(Cl)cc1)[C@@H](Cc1ccccc1)C(=O)N[C@H](C)CC. The molecule has 1 N–H and O–H groups in total. The first-order valence-electron chi connectivity index (χ1n) is 9.82. The van der Waals surface area contributed by atoms with Crippen LogP contribution < -0.4 is 5.32 Å². The Balaban J connectivity index is 2.33. The van der Waals surface area contributed by atoms with Crippen molar-refractivity contribution >= 4 is 23.4 Å². The molecule has 0 heterocycles. The van der Waals surface area contributed by atoms with Gasteiger partial charge in [-0.3, -0.25) is 9.59 Å². The number of benzene rings is 2. The summed E-state index contributed by atoms with van der Waals surface area (Å²) in [7, 11) is 0. The number of hydrogen-bond acceptors (Lipinski definition) is 2. The number of carbonyl (C=O) groups is 2. The molecule has 0 aliphatic rings. The quantitative estimate of drug-likeness (QED) is 0.668. The van der Waals surface area contributed by atoms with Crippen LogP contribution in [0, 0.1) is 0 Å². The monoisotopic (exact) mass is 400 g/mol. The summed E-state index contributed by atoms with van der Waals surface area (Å²) in [5, 5.41) is 3.70. The Bertz CT molecular complexity index is 762. The van der Waals surface area contributed by atoms with Gasteiger partial charge in [-0.1, -0.05) is 67.9 Å². The highest BCUT2D eigenvalue weighted by Gasteiger charge is 2.30. The van der Waals surface area contributed by atoms with Crippen molar-refractivity contribution in [1.82, 2.24) is 10.2 Å². The van der Waals surface area contributed by atoms with Crippen molar-refractivity contribution in [2.24, 2.45) is 0 Å². The molecule has 0 saturated carbocycles. The third-order valence-corrected chi connectivity index (χ3v) is 5.09. The molecule has 2 atom stereocenters. The fourth-order valence-corrected chi connectivity index (χ4v) is 3.11. The average Bonchev–Trinajstić information content (AvgIpc) is 2.71. The summed E-state index contributed by atoms with van der Waals surface area (Å²) in [6, 6.07) is 16.7. The van der Waals surface area contributed by atoms with E-state index < -0.39 is 6.04 Å². The number of carbonyl (C=O) groups excluding carboxylic acids is 2. The van der Waals surface area contributed by atoms with Crippen LogP contribution in [0.1, 0.15) is 44.7 Å². The minimum Gasteiger partial charge on any atom is -0.352 e. The van der Waals surface area contributed by atoms with Crippen LogP contribution in [0.25, 0.3) is 0 Å². The van der Waals surface area contributed by atoms with Gasteiger partial charge in [0.1, 0.15) is 6.04 Å². The maximum atomic E-state index is 13.1. The minimum atomic E-state index is -0.570. The van der Waals surface area contributed by atoms with Gasteiger partial charge in [-0.05, 0) is 36.6 Å². The van der Waals surface area contributed by atoms with Crippen molar-refractivity contribution in [2.75, 3.05) is 0 Å². The molecule has 0 fully saturated rings. The van der Waals surface area contributed by atoms with E-state index in [0.717, 1.165) is 17.5 Å². The Morgan fingerprint density at radius 3 is 2.21 bits per heavy atom. The van der Waals surface area contributed by atoms with E-state index in [1.54, 1.807) is 17.0 Å². The molecule has 2 amide bonds. The Morgan fingerprint density at radius 1 is 1.00 bits per heavy atom. The molecular formula is C23H29ClN2O2. The number of halogens is 1. The molecule has 4 nitrogen and oxygen atoms in total. The van der Waals surface area contributed by atoms with Crippen LogP contribution >= 0.6 is 11.6 Å². The van der Waals surface area contributed by atoms with Gasteiger partial charge in [-0.2, -0.15) is 0 Å². The zero-order chi connectivity index (χ0) is 20.5. The van der Waals surface area contributed by atoms with E-state index >= 15 is 0 Å². The predicted molar refractivity (Wildman–Crippen MR) is 114 cm³/mol. The first-order chi connectivity index (χ1) is 13.4. The van der Waals surface area contributed by atoms with Gasteiger partial charge in [-0.15, -0.1) is 0 Å². The third-order valence-electron chi connectivity index (χ3n) is 4.84. The summed E-state index contributed by atoms with van der Waals surface area (Å²) in [6.45, 7) is 6.20. The topological polar surface area (TPSA) is 49.4 Å². The van der Waals surface area contributed by atoms with Crippen LogP contribution in [0.5, 0.6) is 0 Å². The predicted octanol–water partition coefficient (Wildman–Crippen LogP) is 4.60. The molecule has 0 saturated heterocycles. The largest absolute Gasteiger partial charge is 0.352 e. The Kier molecular flexibility index (Phi) is 8.52. The molecule has 0 bridgehead atoms. The standard InChI is InChI=1S/C23H29ClN2O2/c1-4-17(3)25-23(28)21(15-18-9-7-6-8-10-18)26(22(27)5-2)16-19-11-13-20(24)14-12-19/h6-14,17,21H,4-5,15-16H2,1-3H3,(H,25,28)/t17-,21+/m1/s1. The molecule has 0 unspecified atom stereocenters. The summed E-state index contributed by atoms with van der Waals surface area (Å²) in [6.07, 6.45) is 1.65. The molecule has 2 rings (SSSR count). The second kappa shape index (κ2) is 10.9. The Labute approximate surface area is 172 Å². The average molecular weight is 401 g/mol. The maximum Gasteiger partial charge on any atom is 0.243 e. The Hall–Kier alpha value is -2.33. The van der Waals surface area contributed by atoms with E-state index in [-0.39, 0.29) is 17.9 Å². The van der Waals surface area contributed by atoms with Gasteiger partial charge >= 0.3 is 0 Å². The fourth-order valence-electron chi connectivity index (χ4n) is 2.98. The Morgan fingerprint density at radius 2 is 1.64 bits per heavy atom. The van der Waals surface area contributed by atoms with Gasteiger partial charge < -0.3 is 10.2 Å². The lowest BCUT2D eigenvalue weighted by Crippen LogP contribution is -2.52. The smallest absolute Gasteiger partial charge is 0.243 e. The lowest BCUT2D eigenvalue weighted by Gasteiger charge is -2.32. The maximum absolute atomic E-state index is 13.1. The van der Waals surface area contributed by atoms with E-state index in [1.807, 2.05) is 63.2 Å². The van der Waals surface area contributed by atoms with Gasteiger partial charge in [0.15, 0.2) is 0 Å². The molecule has 2 aromatic carbocycles. The molecule has 0 radical (unpaired) electrons. The van der Waals surface area contributed by atoms with Crippen LogP contribution in [0.3, 0.4) is 0 Å². The normalized spacial score (nSPS) is 12.9. The van der Waals surface area contributed by atoms with Crippen LogP contribution in [0.15, 0.2) is 54.6 Å². The van der Waals surface area contributed by atoms with Crippen molar-refractivity contribution in [1.29, 1.82) is 0 Å². The first-order valence-corrected chi connectivity index (χ1v) is 10.2. The number of rotatable bonds is 9. The second-order valence-corrected chi connectivity index (χ2v) is 7.46. The molecule has 0 aliphatic carbocycles. The lowest BCUT2D eigenvalue weighted by molar-refractivity contribution is -0.141. The van der Waals surface area contributed by atoms with Crippen molar-refractivity contribution in [3.8, 4) is 0 Å². The van der Waals surface area contributed by atoms with Gasteiger partial charge in [0.05, 0.1) is 0 Å². The zero-order valence-electron chi connectivity index (χ0n) is 16.8. The summed E-state index contributed by atoms with van der Waals surface area (Å²) in [4.78, 5) is 27.6. The van der Waals surface area contributed by atoms with E-state index in [0.29, 0.717) is 24.4 Å². The van der Waals surface area contributed by atoms with E-state index in [1.165, 1.54) is 0 Å². The second-order valence-electron chi connectivity index (χ2n) is 7.03. The lowest BCUT2D eigenvalue weighted by atomic mass is 10.0. The molecule has 5 heteroatoms. The zero-order valence-corrected chi connectivity index (χ0v) is 17.6. The van der Waals surface area contributed by atoms with Gasteiger partial charge in [0.25, 0.3) is 0 Å². The van der Waals surface area contributed by atoms with E-state index in [2.05, 4.69) is 5.32 Å². The van der Waals surface area contributed by atoms with Crippen LogP contribution in [-0.4, -0.2) is 28.8 Å². The molecule has 150 valence electrons. The third kappa shape index (κ3) is 6.38. The first kappa shape index (κ1) is 22.0. The summed E-state index contributed by atoms with van der Waals surface area (Å²) in [5.41, 5.74) is 1.97. The molecular weight excluding hydrogens is 372 g/mol. The van der Waals surface area contributed by atoms with Gasteiger partial charge in [0.2, 0.25) is 11.8 Å². The highest BCUT2D eigenvalue weighted by molar-refractivity contribution is 6.30. The number of nitrogens with one attached hydrogen (secondary N) is 1. The number of hydrogen-bond donors (Lipinski definition) is 1. The van der Waals surface area contributed by atoms with Gasteiger partial charge in [-0.25, -0.2) is 0 Å².